The summed E-state index contributed by atoms with van der Waals surface area (Å²) in [6.45, 7) is 2.73. The van der Waals surface area contributed by atoms with E-state index in [1.807, 2.05) is 13.0 Å². The third kappa shape index (κ3) is 2.14. The van der Waals surface area contributed by atoms with Crippen molar-refractivity contribution in [2.45, 2.75) is 22.5 Å². The molecule has 14 heavy (non-hydrogen) atoms. The normalized spacial score (nSPS) is 23.2. The Labute approximate surface area is 101 Å². The minimum atomic E-state index is 0.130. The summed E-state index contributed by atoms with van der Waals surface area (Å²) in [5, 5.41) is 0. The Morgan fingerprint density at radius 3 is 2.79 bits per heavy atom. The zero-order valence-corrected chi connectivity index (χ0v) is 11.1. The Balaban J connectivity index is 2.15. The van der Waals surface area contributed by atoms with Gasteiger partial charge in [0.05, 0.1) is 9.84 Å². The molecular weight excluding hydrogens is 308 g/mol. The predicted molar refractivity (Wildman–Crippen MR) is 65.6 cm³/mol. The van der Waals surface area contributed by atoms with E-state index in [1.165, 1.54) is 5.56 Å². The van der Waals surface area contributed by atoms with Gasteiger partial charge in [-0.3, -0.25) is 0 Å². The Morgan fingerprint density at radius 1 is 1.50 bits per heavy atom. The van der Waals surface area contributed by atoms with E-state index in [0.29, 0.717) is 5.92 Å². The average Bonchev–Trinajstić information content (AvgIpc) is 2.76. The molecule has 0 radical (unpaired) electrons. The van der Waals surface area contributed by atoms with Crippen LogP contribution < -0.4 is 4.74 Å². The number of hydrogen-bond donors (Lipinski definition) is 0. The first-order valence-electron chi connectivity index (χ1n) is 4.74. The summed E-state index contributed by atoms with van der Waals surface area (Å²) in [4.78, 5) is 0. The van der Waals surface area contributed by atoms with Crippen LogP contribution in [0.2, 0.25) is 0 Å². The maximum absolute atomic E-state index is 5.46. The van der Waals surface area contributed by atoms with Gasteiger partial charge in [0.2, 0.25) is 0 Å². The average molecular weight is 320 g/mol. The number of rotatable bonds is 3. The van der Waals surface area contributed by atoms with Crippen molar-refractivity contribution >= 4 is 31.9 Å². The van der Waals surface area contributed by atoms with Crippen molar-refractivity contribution in [3.8, 4) is 5.75 Å². The largest absolute Gasteiger partial charge is 0.494 e. The van der Waals surface area contributed by atoms with Crippen LogP contribution in [0.1, 0.15) is 24.8 Å². The lowest BCUT2D eigenvalue weighted by molar-refractivity contribution is 0.340. The third-order valence-corrected chi connectivity index (χ3v) is 4.15. The molecule has 0 saturated heterocycles. The Hall–Kier alpha value is -0.0200. The molecule has 0 aliphatic heterocycles. The molecule has 1 aliphatic carbocycles. The topological polar surface area (TPSA) is 9.23 Å². The van der Waals surface area contributed by atoms with Crippen LogP contribution in [-0.4, -0.2) is 9.84 Å². The first-order chi connectivity index (χ1) is 6.63. The van der Waals surface area contributed by atoms with Gasteiger partial charge < -0.3 is 4.74 Å². The zero-order valence-electron chi connectivity index (χ0n) is 7.97. The van der Waals surface area contributed by atoms with Crippen LogP contribution in [0.25, 0.3) is 0 Å². The summed E-state index contributed by atoms with van der Waals surface area (Å²) in [6, 6.07) is 8.32. The number of ether oxygens (including phenoxy) is 1. The van der Waals surface area contributed by atoms with Crippen LogP contribution in [0, 0.1) is 0 Å². The fraction of sp³-hybridized carbons (Fsp3) is 0.455. The van der Waals surface area contributed by atoms with E-state index in [4.69, 9.17) is 4.74 Å². The summed E-state index contributed by atoms with van der Waals surface area (Å²) in [5.41, 5.74) is 1.34. The van der Waals surface area contributed by atoms with Crippen molar-refractivity contribution in [1.29, 1.82) is 0 Å². The molecule has 1 unspecified atom stereocenters. The van der Waals surface area contributed by atoms with Crippen molar-refractivity contribution < 1.29 is 4.74 Å². The van der Waals surface area contributed by atoms with Gasteiger partial charge in [0, 0.05) is 5.92 Å². The highest BCUT2D eigenvalue weighted by atomic mass is 79.9. The van der Waals surface area contributed by atoms with Crippen LogP contribution in [0.3, 0.4) is 0 Å². The summed E-state index contributed by atoms with van der Waals surface area (Å²) in [7, 11) is 0. The smallest absolute Gasteiger partial charge is 0.119 e. The second kappa shape index (κ2) is 3.86. The molecule has 76 valence electrons. The molecule has 0 heterocycles. The highest BCUT2D eigenvalue weighted by Crippen LogP contribution is 2.62. The third-order valence-electron chi connectivity index (χ3n) is 2.40. The maximum atomic E-state index is 5.46. The molecule has 1 fully saturated rings. The fourth-order valence-electron chi connectivity index (χ4n) is 1.56. The maximum Gasteiger partial charge on any atom is 0.119 e. The molecule has 2 rings (SSSR count). The van der Waals surface area contributed by atoms with Crippen LogP contribution in [0.15, 0.2) is 24.3 Å². The predicted octanol–water partition coefficient (Wildman–Crippen LogP) is 4.06. The van der Waals surface area contributed by atoms with Gasteiger partial charge in [0.15, 0.2) is 0 Å². The van der Waals surface area contributed by atoms with Gasteiger partial charge >= 0.3 is 0 Å². The molecule has 1 aromatic rings. The monoisotopic (exact) mass is 318 g/mol. The highest BCUT2D eigenvalue weighted by molar-refractivity contribution is 9.25. The molecule has 1 nitrogen and oxygen atoms in total. The van der Waals surface area contributed by atoms with Crippen molar-refractivity contribution in [1.82, 2.24) is 0 Å². The SMILES string of the molecule is CCOc1cccc(C2CC2(Br)Br)c1. The quantitative estimate of drug-likeness (QED) is 0.763. The van der Waals surface area contributed by atoms with Crippen LogP contribution in [0.5, 0.6) is 5.75 Å². The first-order valence-corrected chi connectivity index (χ1v) is 6.32. The lowest BCUT2D eigenvalue weighted by atomic mass is 10.1. The van der Waals surface area contributed by atoms with Crippen molar-refractivity contribution in [3.63, 3.8) is 0 Å². The number of benzene rings is 1. The summed E-state index contributed by atoms with van der Waals surface area (Å²) in [6.07, 6.45) is 1.14. The Bertz CT molecular complexity index is 336. The molecule has 0 bridgehead atoms. The van der Waals surface area contributed by atoms with Crippen LogP contribution in [0.4, 0.5) is 0 Å². The zero-order chi connectivity index (χ0) is 10.2. The number of halogens is 2. The molecule has 0 amide bonds. The molecule has 0 spiro atoms. The van der Waals surface area contributed by atoms with Crippen molar-refractivity contribution in [3.05, 3.63) is 29.8 Å². The van der Waals surface area contributed by atoms with Gasteiger partial charge in [-0.25, -0.2) is 0 Å². The lowest BCUT2D eigenvalue weighted by Crippen LogP contribution is -1.93. The van der Waals surface area contributed by atoms with E-state index in [1.54, 1.807) is 0 Å². The van der Waals surface area contributed by atoms with Gasteiger partial charge in [-0.1, -0.05) is 44.0 Å². The first kappa shape index (κ1) is 10.5. The van der Waals surface area contributed by atoms with Crippen LogP contribution >= 0.6 is 31.9 Å². The minimum Gasteiger partial charge on any atom is -0.494 e. The summed E-state index contributed by atoms with van der Waals surface area (Å²) in [5.74, 6) is 1.54. The van der Waals surface area contributed by atoms with E-state index in [0.717, 1.165) is 18.8 Å². The fourth-order valence-corrected chi connectivity index (χ4v) is 2.74. The number of alkyl halides is 2. The van der Waals surface area contributed by atoms with Gasteiger partial charge in [0.1, 0.15) is 5.75 Å². The highest BCUT2D eigenvalue weighted by Gasteiger charge is 2.51. The van der Waals surface area contributed by atoms with E-state index in [2.05, 4.69) is 50.1 Å². The van der Waals surface area contributed by atoms with E-state index in [-0.39, 0.29) is 3.23 Å². The molecule has 1 atom stereocenters. The number of hydrogen-bond acceptors (Lipinski definition) is 1. The summed E-state index contributed by atoms with van der Waals surface area (Å²) < 4.78 is 5.59. The minimum absolute atomic E-state index is 0.130. The standard InChI is InChI=1S/C11H12Br2O/c1-2-14-9-5-3-4-8(6-9)10-7-11(10,12)13/h3-6,10H,2,7H2,1H3. The van der Waals surface area contributed by atoms with E-state index >= 15 is 0 Å². The van der Waals surface area contributed by atoms with Gasteiger partial charge in [-0.05, 0) is 31.0 Å². The Morgan fingerprint density at radius 2 is 2.21 bits per heavy atom. The van der Waals surface area contributed by atoms with E-state index < -0.39 is 0 Å². The molecule has 0 aromatic heterocycles. The van der Waals surface area contributed by atoms with Gasteiger partial charge in [0.25, 0.3) is 0 Å². The molecule has 1 saturated carbocycles. The van der Waals surface area contributed by atoms with Crippen molar-refractivity contribution in [2.75, 3.05) is 6.61 Å². The lowest BCUT2D eigenvalue weighted by Gasteiger charge is -2.05. The molecule has 1 aromatic carbocycles. The summed E-state index contributed by atoms with van der Waals surface area (Å²) >= 11 is 7.26. The van der Waals surface area contributed by atoms with E-state index in [9.17, 15) is 0 Å². The molecular formula is C11H12Br2O. The molecule has 0 N–H and O–H groups in total. The molecule has 3 heteroatoms. The van der Waals surface area contributed by atoms with Gasteiger partial charge in [-0.2, -0.15) is 0 Å². The Kier molecular flexibility index (Phi) is 2.89. The molecule has 1 aliphatic rings. The van der Waals surface area contributed by atoms with Crippen molar-refractivity contribution in [2.24, 2.45) is 0 Å². The second-order valence-corrected chi connectivity index (χ2v) is 7.42. The second-order valence-electron chi connectivity index (χ2n) is 3.52. The van der Waals surface area contributed by atoms with Gasteiger partial charge in [-0.15, -0.1) is 0 Å². The van der Waals surface area contributed by atoms with Crippen LogP contribution in [-0.2, 0) is 0 Å².